The molecule has 0 spiro atoms. The molecule has 2 aromatic heterocycles. The Kier molecular flexibility index (Phi) is 6.67. The average molecular weight is 421 g/mol. The van der Waals surface area contributed by atoms with E-state index in [-0.39, 0.29) is 5.91 Å². The molecule has 1 aromatic carbocycles. The summed E-state index contributed by atoms with van der Waals surface area (Å²) in [5, 5.41) is 13.8. The van der Waals surface area contributed by atoms with Crippen molar-refractivity contribution in [1.29, 1.82) is 0 Å². The van der Waals surface area contributed by atoms with Crippen molar-refractivity contribution in [2.24, 2.45) is 5.92 Å². The largest absolute Gasteiger partial charge is 0.449 e. The number of amides is 1. The maximum atomic E-state index is 12.5. The summed E-state index contributed by atoms with van der Waals surface area (Å²) in [4.78, 5) is 12.5. The van der Waals surface area contributed by atoms with Crippen molar-refractivity contribution in [3.8, 4) is 0 Å². The van der Waals surface area contributed by atoms with Crippen LogP contribution in [0.3, 0.4) is 0 Å². The van der Waals surface area contributed by atoms with E-state index in [1.807, 2.05) is 25.3 Å². The Labute approximate surface area is 174 Å². The van der Waals surface area contributed by atoms with Gasteiger partial charge in [-0.1, -0.05) is 49.3 Å². The Morgan fingerprint density at radius 2 is 2.14 bits per heavy atom. The Morgan fingerprint density at radius 3 is 2.82 bits per heavy atom. The van der Waals surface area contributed by atoms with Crippen molar-refractivity contribution in [2.45, 2.75) is 45.3 Å². The number of benzene rings is 1. The van der Waals surface area contributed by atoms with Crippen molar-refractivity contribution < 1.29 is 9.21 Å². The third-order valence-corrected chi connectivity index (χ3v) is 5.47. The molecule has 3 rings (SSSR count). The average Bonchev–Trinajstić information content (AvgIpc) is 3.20. The smallest absolute Gasteiger partial charge is 0.287 e. The fraction of sp³-hybridized carbons (Fsp3) is 0.450. The quantitative estimate of drug-likeness (QED) is 0.421. The summed E-state index contributed by atoms with van der Waals surface area (Å²) in [6.45, 7) is 7.65. The zero-order chi connectivity index (χ0) is 20.3. The zero-order valence-corrected chi connectivity index (χ0v) is 18.2. The normalized spacial score (nSPS) is 11.5. The van der Waals surface area contributed by atoms with Crippen molar-refractivity contribution in [3.05, 3.63) is 40.4 Å². The van der Waals surface area contributed by atoms with Gasteiger partial charge in [-0.3, -0.25) is 4.79 Å². The summed E-state index contributed by atoms with van der Waals surface area (Å²) in [6.07, 6.45) is 3.54. The van der Waals surface area contributed by atoms with E-state index >= 15 is 0 Å². The number of thioether (sulfide) groups is 1. The molecular formula is C20H25ClN4O2S. The number of furan rings is 1. The molecule has 0 bridgehead atoms. The molecular weight excluding hydrogens is 396 g/mol. The van der Waals surface area contributed by atoms with Crippen molar-refractivity contribution in [2.75, 3.05) is 12.8 Å². The predicted octanol–water partition coefficient (Wildman–Crippen LogP) is 4.73. The van der Waals surface area contributed by atoms with Gasteiger partial charge in [-0.05, 0) is 31.6 Å². The molecule has 0 aliphatic rings. The third kappa shape index (κ3) is 4.36. The highest BCUT2D eigenvalue weighted by Crippen LogP contribution is 2.30. The predicted molar refractivity (Wildman–Crippen MR) is 113 cm³/mol. The fourth-order valence-electron chi connectivity index (χ4n) is 3.16. The minimum atomic E-state index is -0.224. The first-order chi connectivity index (χ1) is 13.4. The van der Waals surface area contributed by atoms with E-state index in [0.29, 0.717) is 28.8 Å². The van der Waals surface area contributed by atoms with Gasteiger partial charge in [-0.15, -0.1) is 10.2 Å². The lowest BCUT2D eigenvalue weighted by Crippen LogP contribution is -2.25. The van der Waals surface area contributed by atoms with Crippen LogP contribution >= 0.6 is 23.4 Å². The number of para-hydroxylation sites is 1. The van der Waals surface area contributed by atoms with E-state index in [2.05, 4.69) is 33.9 Å². The molecule has 150 valence electrons. The second kappa shape index (κ2) is 9.01. The van der Waals surface area contributed by atoms with E-state index in [1.165, 1.54) is 0 Å². The van der Waals surface area contributed by atoms with E-state index in [9.17, 15) is 4.79 Å². The Balaban J connectivity index is 1.60. The number of rotatable bonds is 8. The van der Waals surface area contributed by atoms with Gasteiger partial charge in [0.1, 0.15) is 5.82 Å². The number of aromatic nitrogens is 3. The van der Waals surface area contributed by atoms with Crippen LogP contribution in [-0.2, 0) is 13.0 Å². The number of hydrogen-bond donors (Lipinski definition) is 1. The number of carbonyl (C=O) groups excluding carboxylic acids is 1. The Bertz CT molecular complexity index is 980. The van der Waals surface area contributed by atoms with E-state index in [0.717, 1.165) is 41.3 Å². The van der Waals surface area contributed by atoms with Crippen LogP contribution in [0.2, 0.25) is 5.02 Å². The highest BCUT2D eigenvalue weighted by Gasteiger charge is 2.19. The lowest BCUT2D eigenvalue weighted by atomic mass is 10.1. The molecule has 0 aliphatic heterocycles. The van der Waals surface area contributed by atoms with Gasteiger partial charge in [-0.25, -0.2) is 0 Å². The highest BCUT2D eigenvalue weighted by atomic mass is 35.5. The van der Waals surface area contributed by atoms with Crippen molar-refractivity contribution >= 4 is 40.2 Å². The van der Waals surface area contributed by atoms with Crippen LogP contribution in [-0.4, -0.2) is 33.5 Å². The number of nitrogens with zero attached hydrogens (tertiary/aromatic N) is 3. The molecule has 0 radical (unpaired) electrons. The van der Waals surface area contributed by atoms with Gasteiger partial charge in [0.05, 0.1) is 5.02 Å². The number of nitrogens with one attached hydrogen (secondary N) is 1. The molecule has 6 nitrogen and oxygen atoms in total. The van der Waals surface area contributed by atoms with Crippen LogP contribution in [0.15, 0.2) is 27.8 Å². The Hall–Kier alpha value is -1.99. The maximum absolute atomic E-state index is 12.5. The lowest BCUT2D eigenvalue weighted by molar-refractivity contribution is 0.0927. The topological polar surface area (TPSA) is 73.0 Å². The first-order valence-corrected chi connectivity index (χ1v) is 10.9. The monoisotopic (exact) mass is 420 g/mol. The number of hydrogen-bond acceptors (Lipinski definition) is 5. The SMILES string of the molecule is CSc1nnc(CCCNC(=O)c2oc3c(Cl)cccc3c2C)n1CC(C)C. The molecule has 28 heavy (non-hydrogen) atoms. The summed E-state index contributed by atoms with van der Waals surface area (Å²) in [5.41, 5.74) is 1.36. The van der Waals surface area contributed by atoms with Gasteiger partial charge in [0, 0.05) is 30.5 Å². The highest BCUT2D eigenvalue weighted by molar-refractivity contribution is 7.98. The number of carbonyl (C=O) groups is 1. The minimum absolute atomic E-state index is 0.224. The van der Waals surface area contributed by atoms with Gasteiger partial charge in [0.15, 0.2) is 16.5 Å². The summed E-state index contributed by atoms with van der Waals surface area (Å²) in [6, 6.07) is 5.51. The van der Waals surface area contributed by atoms with Gasteiger partial charge < -0.3 is 14.3 Å². The first kappa shape index (κ1) is 20.7. The number of aryl methyl sites for hydroxylation is 2. The molecule has 2 heterocycles. The van der Waals surface area contributed by atoms with Crippen LogP contribution in [0, 0.1) is 12.8 Å². The second-order valence-corrected chi connectivity index (χ2v) is 8.32. The van der Waals surface area contributed by atoms with Crippen molar-refractivity contribution in [3.63, 3.8) is 0 Å². The molecule has 0 fully saturated rings. The van der Waals surface area contributed by atoms with Gasteiger partial charge in [0.2, 0.25) is 0 Å². The number of fused-ring (bicyclic) bond motifs is 1. The van der Waals surface area contributed by atoms with Crippen molar-refractivity contribution in [1.82, 2.24) is 20.1 Å². The van der Waals surface area contributed by atoms with Crippen LogP contribution in [0.4, 0.5) is 0 Å². The van der Waals surface area contributed by atoms with E-state index < -0.39 is 0 Å². The number of halogens is 1. The van der Waals surface area contributed by atoms with Crippen LogP contribution < -0.4 is 5.32 Å². The Morgan fingerprint density at radius 1 is 1.36 bits per heavy atom. The molecule has 8 heteroatoms. The summed E-state index contributed by atoms with van der Waals surface area (Å²) >= 11 is 7.76. The minimum Gasteiger partial charge on any atom is -0.449 e. The van der Waals surface area contributed by atoms with Gasteiger partial charge in [0.25, 0.3) is 5.91 Å². The third-order valence-electron chi connectivity index (χ3n) is 4.51. The first-order valence-electron chi connectivity index (χ1n) is 9.34. The van der Waals surface area contributed by atoms with Gasteiger partial charge in [-0.2, -0.15) is 0 Å². The summed E-state index contributed by atoms with van der Waals surface area (Å²) < 4.78 is 7.88. The molecule has 0 unspecified atom stereocenters. The van der Waals surface area contributed by atoms with Crippen LogP contribution in [0.5, 0.6) is 0 Å². The molecule has 0 saturated carbocycles. The molecule has 1 amide bonds. The molecule has 0 atom stereocenters. The maximum Gasteiger partial charge on any atom is 0.287 e. The summed E-state index contributed by atoms with van der Waals surface area (Å²) in [5.74, 6) is 1.57. The molecule has 0 saturated heterocycles. The van der Waals surface area contributed by atoms with Crippen LogP contribution in [0.25, 0.3) is 11.0 Å². The zero-order valence-electron chi connectivity index (χ0n) is 16.6. The summed E-state index contributed by atoms with van der Waals surface area (Å²) in [7, 11) is 0. The lowest BCUT2D eigenvalue weighted by Gasteiger charge is -2.11. The standard InChI is InChI=1S/C20H25ClN4O2S/c1-12(2)11-25-16(23-24-20(25)28-4)9-6-10-22-19(26)17-13(3)14-7-5-8-15(21)18(14)27-17/h5,7-8,12H,6,9-11H2,1-4H3,(H,22,26). The second-order valence-electron chi connectivity index (χ2n) is 7.14. The van der Waals surface area contributed by atoms with E-state index in [1.54, 1.807) is 17.8 Å². The molecule has 1 N–H and O–H groups in total. The van der Waals surface area contributed by atoms with E-state index in [4.69, 9.17) is 16.0 Å². The van der Waals surface area contributed by atoms with Crippen LogP contribution in [0.1, 0.15) is 42.2 Å². The molecule has 0 aliphatic carbocycles. The fourth-order valence-corrected chi connectivity index (χ4v) is 3.89. The molecule has 3 aromatic rings. The van der Waals surface area contributed by atoms with Gasteiger partial charge >= 0.3 is 0 Å².